The third-order valence-electron chi connectivity index (χ3n) is 4.55. The van der Waals surface area contributed by atoms with Gasteiger partial charge >= 0.3 is 0 Å². The molecule has 0 fully saturated rings. The van der Waals surface area contributed by atoms with Gasteiger partial charge in [-0.2, -0.15) is 9.41 Å². The van der Waals surface area contributed by atoms with Crippen molar-refractivity contribution in [2.45, 2.75) is 18.4 Å². The molecule has 0 bridgehead atoms. The topological polar surface area (TPSA) is 78.8 Å². The van der Waals surface area contributed by atoms with Crippen LogP contribution in [0.3, 0.4) is 0 Å². The first kappa shape index (κ1) is 24.1. The van der Waals surface area contributed by atoms with Gasteiger partial charge in [-0.1, -0.05) is 75.6 Å². The van der Waals surface area contributed by atoms with Gasteiger partial charge in [0.25, 0.3) is 5.91 Å². The molecule has 32 heavy (non-hydrogen) atoms. The molecule has 6 nitrogen and oxygen atoms in total. The lowest BCUT2D eigenvalue weighted by Crippen LogP contribution is -2.39. The van der Waals surface area contributed by atoms with E-state index in [4.69, 9.17) is 11.6 Å². The summed E-state index contributed by atoms with van der Waals surface area (Å²) in [7, 11) is -3.92. The molecule has 1 amide bonds. The van der Waals surface area contributed by atoms with Crippen molar-refractivity contribution in [1.82, 2.24) is 9.73 Å². The second kappa shape index (κ2) is 10.9. The van der Waals surface area contributed by atoms with Crippen LogP contribution < -0.4 is 5.43 Å². The smallest absolute Gasteiger partial charge is 0.255 e. The van der Waals surface area contributed by atoms with E-state index in [2.05, 4.69) is 26.5 Å². The number of hydrogen-bond donors (Lipinski definition) is 1. The van der Waals surface area contributed by atoms with Crippen LogP contribution in [-0.4, -0.2) is 31.4 Å². The number of benzene rings is 3. The van der Waals surface area contributed by atoms with Gasteiger partial charge in [-0.25, -0.2) is 13.8 Å². The normalized spacial score (nSPS) is 11.8. The molecule has 3 rings (SSSR count). The van der Waals surface area contributed by atoms with Gasteiger partial charge in [-0.15, -0.1) is 0 Å². The highest BCUT2D eigenvalue weighted by Gasteiger charge is 2.27. The molecule has 0 aliphatic carbocycles. The molecular weight excluding hydrogens is 514 g/mol. The highest BCUT2D eigenvalue weighted by Crippen LogP contribution is 2.20. The van der Waals surface area contributed by atoms with Crippen LogP contribution in [0.25, 0.3) is 0 Å². The van der Waals surface area contributed by atoms with Gasteiger partial charge in [0.15, 0.2) is 0 Å². The van der Waals surface area contributed by atoms with Crippen molar-refractivity contribution >= 4 is 49.7 Å². The zero-order chi connectivity index (χ0) is 23.1. The minimum atomic E-state index is -3.92. The van der Waals surface area contributed by atoms with Gasteiger partial charge in [-0.3, -0.25) is 4.79 Å². The van der Waals surface area contributed by atoms with Crippen LogP contribution in [0.5, 0.6) is 0 Å². The summed E-state index contributed by atoms with van der Waals surface area (Å²) in [5.74, 6) is -0.557. The molecule has 0 saturated carbocycles. The zero-order valence-corrected chi connectivity index (χ0v) is 20.4. The summed E-state index contributed by atoms with van der Waals surface area (Å²) >= 11 is 9.34. The Hall–Kier alpha value is -2.52. The molecule has 0 aromatic heterocycles. The summed E-state index contributed by atoms with van der Waals surface area (Å²) in [5, 5.41) is 4.49. The van der Waals surface area contributed by atoms with Crippen LogP contribution in [0.15, 0.2) is 87.3 Å². The SMILES string of the molecule is Cc1ccc(S(=O)(=O)N(CC(=O)N/N=C\c2ccccc2Br)Cc2ccc(Cl)cc2)cc1. The van der Waals surface area contributed by atoms with E-state index in [9.17, 15) is 13.2 Å². The van der Waals surface area contributed by atoms with Crippen molar-refractivity contribution in [2.24, 2.45) is 5.10 Å². The van der Waals surface area contributed by atoms with Gasteiger partial charge in [-0.05, 0) is 42.8 Å². The molecule has 0 aliphatic rings. The maximum atomic E-state index is 13.3. The molecule has 0 radical (unpaired) electrons. The number of halogens is 2. The molecule has 3 aromatic carbocycles. The van der Waals surface area contributed by atoms with E-state index in [-0.39, 0.29) is 11.4 Å². The van der Waals surface area contributed by atoms with Crippen molar-refractivity contribution in [2.75, 3.05) is 6.54 Å². The Morgan fingerprint density at radius 1 is 1.06 bits per heavy atom. The summed E-state index contributed by atoms with van der Waals surface area (Å²) in [6, 6.07) is 20.7. The number of nitrogens with zero attached hydrogens (tertiary/aromatic N) is 2. The second-order valence-electron chi connectivity index (χ2n) is 7.03. The van der Waals surface area contributed by atoms with Crippen LogP contribution in [-0.2, 0) is 21.4 Å². The predicted molar refractivity (Wildman–Crippen MR) is 130 cm³/mol. The second-order valence-corrected chi connectivity index (χ2v) is 10.3. The van der Waals surface area contributed by atoms with Crippen molar-refractivity contribution < 1.29 is 13.2 Å². The first-order valence-electron chi connectivity index (χ1n) is 9.63. The summed E-state index contributed by atoms with van der Waals surface area (Å²) in [4.78, 5) is 12.7. The number of hydrazone groups is 1. The van der Waals surface area contributed by atoms with Crippen LogP contribution >= 0.6 is 27.5 Å². The summed E-state index contributed by atoms with van der Waals surface area (Å²) in [6.07, 6.45) is 1.49. The number of aryl methyl sites for hydroxylation is 1. The van der Waals surface area contributed by atoms with Crippen molar-refractivity contribution in [1.29, 1.82) is 0 Å². The highest BCUT2D eigenvalue weighted by molar-refractivity contribution is 9.10. The number of rotatable bonds is 8. The molecule has 0 aliphatic heterocycles. The molecule has 3 aromatic rings. The van der Waals surface area contributed by atoms with Crippen molar-refractivity contribution in [3.05, 3.63) is 99.0 Å². The number of nitrogens with one attached hydrogen (secondary N) is 1. The van der Waals surface area contributed by atoms with Gasteiger partial charge in [0.1, 0.15) is 0 Å². The average molecular weight is 535 g/mol. The Morgan fingerprint density at radius 2 is 1.72 bits per heavy atom. The van der Waals surface area contributed by atoms with E-state index < -0.39 is 22.5 Å². The quantitative estimate of drug-likeness (QED) is 0.335. The molecule has 0 spiro atoms. The average Bonchev–Trinajstić information content (AvgIpc) is 2.76. The lowest BCUT2D eigenvalue weighted by Gasteiger charge is -2.21. The highest BCUT2D eigenvalue weighted by atomic mass is 79.9. The molecule has 166 valence electrons. The number of amides is 1. The first-order chi connectivity index (χ1) is 15.3. The fraction of sp³-hybridized carbons (Fsp3) is 0.130. The predicted octanol–water partition coefficient (Wildman–Crippen LogP) is 4.75. The molecule has 1 N–H and O–H groups in total. The fourth-order valence-electron chi connectivity index (χ4n) is 2.83. The summed E-state index contributed by atoms with van der Waals surface area (Å²) in [5.41, 5.74) is 4.82. The Kier molecular flexibility index (Phi) is 8.20. The van der Waals surface area contributed by atoms with Gasteiger partial charge < -0.3 is 0 Å². The van der Waals surface area contributed by atoms with Crippen LogP contribution in [0.4, 0.5) is 0 Å². The molecule has 0 atom stereocenters. The Bertz CT molecular complexity index is 1210. The standard InChI is InChI=1S/C23H21BrClN3O3S/c1-17-6-12-21(13-7-17)32(30,31)28(15-18-8-10-20(25)11-9-18)16-23(29)27-26-14-19-4-2-3-5-22(19)24/h2-14H,15-16H2,1H3,(H,27,29)/b26-14-. The Labute approximate surface area is 201 Å². The van der Waals surface area contributed by atoms with E-state index in [1.165, 1.54) is 18.3 Å². The Balaban J connectivity index is 1.80. The van der Waals surface area contributed by atoms with Crippen LogP contribution in [0.1, 0.15) is 16.7 Å². The molecular formula is C23H21BrClN3O3S. The first-order valence-corrected chi connectivity index (χ1v) is 12.2. The number of carbonyl (C=O) groups is 1. The minimum Gasteiger partial charge on any atom is -0.272 e. The van der Waals surface area contributed by atoms with E-state index >= 15 is 0 Å². The van der Waals surface area contributed by atoms with Gasteiger partial charge in [0.2, 0.25) is 10.0 Å². The van der Waals surface area contributed by atoms with Crippen molar-refractivity contribution in [3.8, 4) is 0 Å². The van der Waals surface area contributed by atoms with E-state index in [1.54, 1.807) is 36.4 Å². The number of hydrogen-bond acceptors (Lipinski definition) is 4. The molecule has 9 heteroatoms. The van der Waals surface area contributed by atoms with E-state index in [0.717, 1.165) is 19.9 Å². The largest absolute Gasteiger partial charge is 0.272 e. The zero-order valence-electron chi connectivity index (χ0n) is 17.2. The van der Waals surface area contributed by atoms with Gasteiger partial charge in [0, 0.05) is 21.6 Å². The van der Waals surface area contributed by atoms with E-state index in [0.29, 0.717) is 10.6 Å². The lowest BCUT2D eigenvalue weighted by molar-refractivity contribution is -0.121. The fourth-order valence-corrected chi connectivity index (χ4v) is 4.73. The summed E-state index contributed by atoms with van der Waals surface area (Å²) in [6.45, 7) is 1.49. The van der Waals surface area contributed by atoms with Gasteiger partial charge in [0.05, 0.1) is 17.7 Å². The number of sulfonamides is 1. The van der Waals surface area contributed by atoms with Crippen LogP contribution in [0, 0.1) is 6.92 Å². The van der Waals surface area contributed by atoms with E-state index in [1.807, 2.05) is 31.2 Å². The maximum absolute atomic E-state index is 13.3. The number of carbonyl (C=O) groups excluding carboxylic acids is 1. The molecule has 0 heterocycles. The third-order valence-corrected chi connectivity index (χ3v) is 7.33. The van der Waals surface area contributed by atoms with Crippen molar-refractivity contribution in [3.63, 3.8) is 0 Å². The lowest BCUT2D eigenvalue weighted by atomic mass is 10.2. The summed E-state index contributed by atoms with van der Waals surface area (Å²) < 4.78 is 28.5. The minimum absolute atomic E-state index is 0.00868. The Morgan fingerprint density at radius 3 is 2.38 bits per heavy atom. The van der Waals surface area contributed by atoms with Crippen LogP contribution in [0.2, 0.25) is 5.02 Å². The maximum Gasteiger partial charge on any atom is 0.255 e. The monoisotopic (exact) mass is 533 g/mol. The third kappa shape index (κ3) is 6.49. The molecule has 0 unspecified atom stereocenters. The molecule has 0 saturated heterocycles.